The third-order valence-corrected chi connectivity index (χ3v) is 2.55. The van der Waals surface area contributed by atoms with Crippen LogP contribution in [0.1, 0.15) is 20.3 Å². The van der Waals surface area contributed by atoms with Gasteiger partial charge in [-0.25, -0.2) is 0 Å². The smallest absolute Gasteiger partial charge is 0.312 e. The Kier molecular flexibility index (Phi) is 8.83. The summed E-state index contributed by atoms with van der Waals surface area (Å²) in [5.41, 5.74) is 0. The van der Waals surface area contributed by atoms with Crippen LogP contribution in [0.25, 0.3) is 0 Å². The first-order valence-corrected chi connectivity index (χ1v) is 5.25. The first-order chi connectivity index (χ1) is 6.85. The number of aliphatic hydroxyl groups is 1. The Balaban J connectivity index is 0. The summed E-state index contributed by atoms with van der Waals surface area (Å²) >= 11 is 11.4. The molecular formula is C9H16Cl2O5. The molecule has 0 fully saturated rings. The van der Waals surface area contributed by atoms with Gasteiger partial charge >= 0.3 is 5.97 Å². The molecule has 0 amide bonds. The molecule has 3 N–H and O–H groups in total. The van der Waals surface area contributed by atoms with E-state index in [0.717, 1.165) is 0 Å². The lowest BCUT2D eigenvalue weighted by Gasteiger charge is -2.25. The van der Waals surface area contributed by atoms with Crippen LogP contribution in [0.5, 0.6) is 0 Å². The van der Waals surface area contributed by atoms with Gasteiger partial charge in [0.2, 0.25) is 0 Å². The van der Waals surface area contributed by atoms with Gasteiger partial charge in [0.15, 0.2) is 4.33 Å². The van der Waals surface area contributed by atoms with E-state index in [1.54, 1.807) is 6.92 Å². The Hall–Kier alpha value is -0.360. The first-order valence-electron chi connectivity index (χ1n) is 4.50. The van der Waals surface area contributed by atoms with Crippen LogP contribution < -0.4 is 0 Å². The quantitative estimate of drug-likeness (QED) is 0.563. The van der Waals surface area contributed by atoms with Gasteiger partial charge in [-0.2, -0.15) is 0 Å². The third-order valence-electron chi connectivity index (χ3n) is 1.78. The Bertz CT molecular complexity index is 242. The molecule has 0 aromatic carbocycles. The van der Waals surface area contributed by atoms with Gasteiger partial charge in [-0.05, 0) is 13.8 Å². The number of alkyl halides is 2. The largest absolute Gasteiger partial charge is 0.466 e. The number of aliphatic hydroxyl groups excluding tert-OH is 1. The first kappa shape index (κ1) is 18.0. The summed E-state index contributed by atoms with van der Waals surface area (Å²) in [6.07, 6.45) is -0.146. The summed E-state index contributed by atoms with van der Waals surface area (Å²) in [4.78, 5) is 22.3. The number of halogens is 2. The fourth-order valence-electron chi connectivity index (χ4n) is 1.05. The fourth-order valence-corrected chi connectivity index (χ4v) is 1.38. The molecule has 0 radical (unpaired) electrons. The molecule has 0 saturated carbocycles. The molecule has 0 saturated heterocycles. The maximum atomic E-state index is 11.4. The number of esters is 1. The normalized spacial score (nSPS) is 12.6. The van der Waals surface area contributed by atoms with E-state index < -0.39 is 22.8 Å². The van der Waals surface area contributed by atoms with Gasteiger partial charge in [0, 0.05) is 6.42 Å². The predicted octanol–water partition coefficient (Wildman–Crippen LogP) is 0.486. The van der Waals surface area contributed by atoms with Crippen molar-refractivity contribution in [2.45, 2.75) is 24.6 Å². The number of ketones is 1. The lowest BCUT2D eigenvalue weighted by molar-refractivity contribution is -0.150. The summed E-state index contributed by atoms with van der Waals surface area (Å²) in [7, 11) is 0. The second-order valence-corrected chi connectivity index (χ2v) is 4.67. The molecule has 0 aliphatic carbocycles. The van der Waals surface area contributed by atoms with Gasteiger partial charge in [-0.1, -0.05) is 23.2 Å². The maximum Gasteiger partial charge on any atom is 0.312 e. The van der Waals surface area contributed by atoms with Crippen LogP contribution in [0, 0.1) is 5.92 Å². The van der Waals surface area contributed by atoms with E-state index in [2.05, 4.69) is 0 Å². The van der Waals surface area contributed by atoms with Crippen LogP contribution in [0.15, 0.2) is 0 Å². The van der Waals surface area contributed by atoms with E-state index in [4.69, 9.17) is 33.0 Å². The summed E-state index contributed by atoms with van der Waals surface area (Å²) < 4.78 is 3.04. The molecule has 0 aromatic rings. The Morgan fingerprint density at radius 3 is 2.25 bits per heavy atom. The van der Waals surface area contributed by atoms with Crippen molar-refractivity contribution in [3.63, 3.8) is 0 Å². The topological polar surface area (TPSA) is 95.1 Å². The zero-order chi connectivity index (χ0) is 12.1. The van der Waals surface area contributed by atoms with Gasteiger partial charge < -0.3 is 20.1 Å². The van der Waals surface area contributed by atoms with E-state index in [-0.39, 0.29) is 24.3 Å². The SMILES string of the molecule is CCOC(=O)C(CC(C)=O)C(Cl)(Cl)CO.O. The number of rotatable bonds is 6. The van der Waals surface area contributed by atoms with Crippen LogP contribution in [0.3, 0.4) is 0 Å². The van der Waals surface area contributed by atoms with Crippen molar-refractivity contribution in [3.8, 4) is 0 Å². The minimum absolute atomic E-state index is 0. The van der Waals surface area contributed by atoms with E-state index >= 15 is 0 Å². The van der Waals surface area contributed by atoms with E-state index in [0.29, 0.717) is 0 Å². The number of carbonyl (C=O) groups excluding carboxylic acids is 2. The van der Waals surface area contributed by atoms with Gasteiger partial charge in [0.1, 0.15) is 5.78 Å². The molecule has 1 unspecified atom stereocenters. The number of carbonyl (C=O) groups is 2. The Morgan fingerprint density at radius 1 is 1.44 bits per heavy atom. The molecule has 5 nitrogen and oxygen atoms in total. The standard InChI is InChI=1S/C9H14Cl2O4.H2O/c1-3-15-8(14)7(4-6(2)13)9(10,11)5-12;/h7,12H,3-5H2,1-2H3;1H2. The average molecular weight is 275 g/mol. The molecule has 0 aliphatic rings. The highest BCUT2D eigenvalue weighted by Crippen LogP contribution is 2.33. The van der Waals surface area contributed by atoms with Crippen LogP contribution in [0.2, 0.25) is 0 Å². The zero-order valence-corrected chi connectivity index (χ0v) is 10.6. The molecule has 0 heterocycles. The van der Waals surface area contributed by atoms with Crippen LogP contribution in [0.4, 0.5) is 0 Å². The molecule has 0 spiro atoms. The minimum Gasteiger partial charge on any atom is -0.466 e. The number of ether oxygens (including phenoxy) is 1. The van der Waals surface area contributed by atoms with Crippen molar-refractivity contribution >= 4 is 35.0 Å². The van der Waals surface area contributed by atoms with Gasteiger partial charge in [-0.3, -0.25) is 4.79 Å². The van der Waals surface area contributed by atoms with Crippen molar-refractivity contribution in [1.82, 2.24) is 0 Å². The highest BCUT2D eigenvalue weighted by atomic mass is 35.5. The molecule has 7 heteroatoms. The highest BCUT2D eigenvalue weighted by Gasteiger charge is 2.41. The summed E-state index contributed by atoms with van der Waals surface area (Å²) in [6.45, 7) is 2.49. The number of hydrogen-bond donors (Lipinski definition) is 1. The van der Waals surface area contributed by atoms with E-state index in [9.17, 15) is 9.59 Å². The second kappa shape index (κ2) is 7.84. The van der Waals surface area contributed by atoms with Crippen molar-refractivity contribution < 1.29 is 24.9 Å². The summed E-state index contributed by atoms with van der Waals surface area (Å²) in [6, 6.07) is 0. The lowest BCUT2D eigenvalue weighted by atomic mass is 9.99. The van der Waals surface area contributed by atoms with Crippen molar-refractivity contribution in [2.24, 2.45) is 5.92 Å². The third kappa shape index (κ3) is 5.65. The molecule has 0 bridgehead atoms. The molecule has 0 aliphatic heterocycles. The van der Waals surface area contributed by atoms with Gasteiger partial charge in [0.05, 0.1) is 19.1 Å². The molecule has 0 aromatic heterocycles. The van der Waals surface area contributed by atoms with Crippen molar-refractivity contribution in [3.05, 3.63) is 0 Å². The fraction of sp³-hybridized carbons (Fsp3) is 0.778. The number of hydrogen-bond acceptors (Lipinski definition) is 4. The second-order valence-electron chi connectivity index (χ2n) is 3.13. The van der Waals surface area contributed by atoms with Gasteiger partial charge in [0.25, 0.3) is 0 Å². The van der Waals surface area contributed by atoms with Crippen molar-refractivity contribution in [2.75, 3.05) is 13.2 Å². The lowest BCUT2D eigenvalue weighted by Crippen LogP contribution is -2.38. The molecule has 0 rings (SSSR count). The summed E-state index contributed by atoms with van der Waals surface area (Å²) in [5.74, 6) is -1.96. The Labute approximate surface area is 104 Å². The van der Waals surface area contributed by atoms with E-state index in [1.807, 2.05) is 0 Å². The van der Waals surface area contributed by atoms with Crippen molar-refractivity contribution in [1.29, 1.82) is 0 Å². The molecular weight excluding hydrogens is 259 g/mol. The van der Waals surface area contributed by atoms with Gasteiger partial charge in [-0.15, -0.1) is 0 Å². The molecule has 1 atom stereocenters. The number of Topliss-reactive ketones (excluding diaryl/α,β-unsaturated/α-hetero) is 1. The summed E-state index contributed by atoms with van der Waals surface area (Å²) in [5, 5.41) is 8.91. The minimum atomic E-state index is -1.68. The molecule has 96 valence electrons. The van der Waals surface area contributed by atoms with Crippen LogP contribution in [-0.4, -0.2) is 39.9 Å². The Morgan fingerprint density at radius 2 is 1.94 bits per heavy atom. The predicted molar refractivity (Wildman–Crippen MR) is 60.6 cm³/mol. The van der Waals surface area contributed by atoms with E-state index in [1.165, 1.54) is 6.92 Å². The highest BCUT2D eigenvalue weighted by molar-refractivity contribution is 6.49. The van der Waals surface area contributed by atoms with Crippen LogP contribution >= 0.6 is 23.2 Å². The zero-order valence-electron chi connectivity index (χ0n) is 9.13. The maximum absolute atomic E-state index is 11.4. The average Bonchev–Trinajstić information content (AvgIpc) is 2.14. The molecule has 16 heavy (non-hydrogen) atoms. The van der Waals surface area contributed by atoms with Crippen LogP contribution in [-0.2, 0) is 14.3 Å². The monoisotopic (exact) mass is 274 g/mol.